The molecule has 0 fully saturated rings. The fourth-order valence-electron chi connectivity index (χ4n) is 1.76. The van der Waals surface area contributed by atoms with Crippen LogP contribution in [-0.2, 0) is 4.74 Å². The predicted octanol–water partition coefficient (Wildman–Crippen LogP) is 1.67. The van der Waals surface area contributed by atoms with Gasteiger partial charge < -0.3 is 20.7 Å². The zero-order valence-electron chi connectivity index (χ0n) is 12.1. The number of anilines is 2. The van der Waals surface area contributed by atoms with Crippen LogP contribution in [0.4, 0.5) is 11.4 Å². The number of nitrogens with zero attached hydrogens (tertiary/aromatic N) is 1. The van der Waals surface area contributed by atoms with Gasteiger partial charge in [-0.3, -0.25) is 4.79 Å². The van der Waals surface area contributed by atoms with Gasteiger partial charge in [-0.2, -0.15) is 0 Å². The minimum absolute atomic E-state index is 0.0399. The first-order chi connectivity index (χ1) is 8.95. The fraction of sp³-hybridized carbons (Fsp3) is 0.500. The van der Waals surface area contributed by atoms with E-state index >= 15 is 0 Å². The summed E-state index contributed by atoms with van der Waals surface area (Å²) in [5.41, 5.74) is 7.81. The average molecular weight is 265 g/mol. The third kappa shape index (κ3) is 4.44. The van der Waals surface area contributed by atoms with Crippen LogP contribution in [0.5, 0.6) is 0 Å². The lowest BCUT2D eigenvalue weighted by atomic mass is 10.1. The molecule has 0 aliphatic rings. The summed E-state index contributed by atoms with van der Waals surface area (Å²) in [6.07, 6.45) is 0. The summed E-state index contributed by atoms with van der Waals surface area (Å²) in [5, 5.41) is 3.27. The van der Waals surface area contributed by atoms with Crippen LogP contribution in [0.1, 0.15) is 17.3 Å². The van der Waals surface area contributed by atoms with Crippen molar-refractivity contribution in [3.63, 3.8) is 0 Å². The number of benzene rings is 1. The molecule has 1 atom stereocenters. The van der Waals surface area contributed by atoms with Crippen LogP contribution in [0.2, 0.25) is 0 Å². The molecule has 1 aromatic carbocycles. The fourth-order valence-corrected chi connectivity index (χ4v) is 1.76. The highest BCUT2D eigenvalue weighted by Crippen LogP contribution is 2.20. The lowest BCUT2D eigenvalue weighted by Gasteiger charge is -2.18. The van der Waals surface area contributed by atoms with Crippen molar-refractivity contribution in [2.24, 2.45) is 5.92 Å². The SMILES string of the molecule is COCC(C)CNc1cc(N)ccc1C(=O)N(C)C. The summed E-state index contributed by atoms with van der Waals surface area (Å²) in [4.78, 5) is 13.6. The van der Waals surface area contributed by atoms with E-state index in [9.17, 15) is 4.79 Å². The van der Waals surface area contributed by atoms with Crippen molar-refractivity contribution in [2.45, 2.75) is 6.92 Å². The number of hydrogen-bond acceptors (Lipinski definition) is 4. The molecule has 0 aliphatic carbocycles. The molecule has 1 aromatic rings. The van der Waals surface area contributed by atoms with Crippen LogP contribution in [0.3, 0.4) is 0 Å². The van der Waals surface area contributed by atoms with Crippen LogP contribution in [0, 0.1) is 5.92 Å². The first-order valence-corrected chi connectivity index (χ1v) is 6.29. The van der Waals surface area contributed by atoms with E-state index in [0.29, 0.717) is 23.8 Å². The van der Waals surface area contributed by atoms with Crippen molar-refractivity contribution in [3.8, 4) is 0 Å². The lowest BCUT2D eigenvalue weighted by molar-refractivity contribution is 0.0828. The molecular weight excluding hydrogens is 242 g/mol. The maximum atomic E-state index is 12.1. The molecule has 0 bridgehead atoms. The number of rotatable bonds is 6. The largest absolute Gasteiger partial charge is 0.399 e. The van der Waals surface area contributed by atoms with Gasteiger partial charge in [0.1, 0.15) is 0 Å². The van der Waals surface area contributed by atoms with Gasteiger partial charge in [-0.25, -0.2) is 0 Å². The number of methoxy groups -OCH3 is 1. The molecule has 5 heteroatoms. The molecule has 3 N–H and O–H groups in total. The lowest BCUT2D eigenvalue weighted by Crippen LogP contribution is -2.24. The summed E-state index contributed by atoms with van der Waals surface area (Å²) in [7, 11) is 5.14. The van der Waals surface area contributed by atoms with Crippen LogP contribution < -0.4 is 11.1 Å². The second-order valence-corrected chi connectivity index (χ2v) is 4.95. The second-order valence-electron chi connectivity index (χ2n) is 4.95. The summed E-state index contributed by atoms with van der Waals surface area (Å²) in [6.45, 7) is 3.48. The minimum Gasteiger partial charge on any atom is -0.399 e. The Labute approximate surface area is 114 Å². The maximum Gasteiger partial charge on any atom is 0.255 e. The molecule has 0 spiro atoms. The summed E-state index contributed by atoms with van der Waals surface area (Å²) in [5.74, 6) is 0.315. The smallest absolute Gasteiger partial charge is 0.255 e. The number of carbonyl (C=O) groups is 1. The van der Waals surface area contributed by atoms with Gasteiger partial charge in [0.25, 0.3) is 5.91 Å². The number of carbonyl (C=O) groups excluding carboxylic acids is 1. The Kier molecular flexibility index (Phi) is 5.63. The van der Waals surface area contributed by atoms with E-state index in [0.717, 1.165) is 12.2 Å². The molecule has 0 aromatic heterocycles. The Hall–Kier alpha value is -1.75. The van der Waals surface area contributed by atoms with Gasteiger partial charge in [0, 0.05) is 39.1 Å². The van der Waals surface area contributed by atoms with Crippen LogP contribution >= 0.6 is 0 Å². The van der Waals surface area contributed by atoms with E-state index in [2.05, 4.69) is 12.2 Å². The molecule has 1 rings (SSSR count). The first kappa shape index (κ1) is 15.3. The Morgan fingerprint density at radius 3 is 2.74 bits per heavy atom. The third-order valence-electron chi connectivity index (χ3n) is 2.77. The van der Waals surface area contributed by atoms with Gasteiger partial charge in [-0.15, -0.1) is 0 Å². The van der Waals surface area contributed by atoms with E-state index in [1.54, 1.807) is 44.3 Å². The van der Waals surface area contributed by atoms with Crippen molar-refractivity contribution in [3.05, 3.63) is 23.8 Å². The van der Waals surface area contributed by atoms with Gasteiger partial charge in [0.15, 0.2) is 0 Å². The molecular formula is C14H23N3O2. The van der Waals surface area contributed by atoms with Crippen LogP contribution in [0.25, 0.3) is 0 Å². The standard InChI is InChI=1S/C14H23N3O2/c1-10(9-19-4)8-16-13-7-11(15)5-6-12(13)14(18)17(2)3/h5-7,10,16H,8-9,15H2,1-4H3. The minimum atomic E-state index is -0.0399. The van der Waals surface area contributed by atoms with Crippen LogP contribution in [-0.4, -0.2) is 45.2 Å². The number of nitrogen functional groups attached to an aromatic ring is 1. The molecule has 1 amide bonds. The van der Waals surface area contributed by atoms with E-state index in [4.69, 9.17) is 10.5 Å². The van der Waals surface area contributed by atoms with Gasteiger partial charge in [0.05, 0.1) is 12.2 Å². The number of ether oxygens (including phenoxy) is 1. The molecule has 0 aliphatic heterocycles. The number of nitrogens with one attached hydrogen (secondary N) is 1. The number of nitrogens with two attached hydrogens (primary N) is 1. The molecule has 0 saturated carbocycles. The Morgan fingerprint density at radius 1 is 1.47 bits per heavy atom. The van der Waals surface area contributed by atoms with E-state index < -0.39 is 0 Å². The average Bonchev–Trinajstić information content (AvgIpc) is 2.36. The molecule has 0 saturated heterocycles. The molecule has 19 heavy (non-hydrogen) atoms. The van der Waals surface area contributed by atoms with Crippen molar-refractivity contribution >= 4 is 17.3 Å². The Bertz CT molecular complexity index is 433. The highest BCUT2D eigenvalue weighted by Gasteiger charge is 2.14. The normalized spacial score (nSPS) is 12.0. The van der Waals surface area contributed by atoms with E-state index in [-0.39, 0.29) is 5.91 Å². The Morgan fingerprint density at radius 2 is 2.16 bits per heavy atom. The van der Waals surface area contributed by atoms with Crippen molar-refractivity contribution < 1.29 is 9.53 Å². The van der Waals surface area contributed by atoms with Gasteiger partial charge in [0.2, 0.25) is 0 Å². The third-order valence-corrected chi connectivity index (χ3v) is 2.77. The maximum absolute atomic E-state index is 12.1. The number of amides is 1. The van der Waals surface area contributed by atoms with Gasteiger partial charge in [-0.05, 0) is 24.1 Å². The molecule has 1 unspecified atom stereocenters. The monoisotopic (exact) mass is 265 g/mol. The predicted molar refractivity (Wildman–Crippen MR) is 78.4 cm³/mol. The molecule has 0 heterocycles. The Balaban J connectivity index is 2.85. The highest BCUT2D eigenvalue weighted by atomic mass is 16.5. The molecule has 0 radical (unpaired) electrons. The summed E-state index contributed by atoms with van der Waals surface area (Å²) >= 11 is 0. The van der Waals surface area contributed by atoms with Gasteiger partial charge in [-0.1, -0.05) is 6.92 Å². The molecule has 106 valence electrons. The zero-order chi connectivity index (χ0) is 14.4. The summed E-state index contributed by atoms with van der Waals surface area (Å²) in [6, 6.07) is 5.28. The highest BCUT2D eigenvalue weighted by molar-refractivity contribution is 5.99. The number of hydrogen-bond donors (Lipinski definition) is 2. The van der Waals surface area contributed by atoms with E-state index in [1.165, 1.54) is 0 Å². The van der Waals surface area contributed by atoms with E-state index in [1.807, 2.05) is 0 Å². The first-order valence-electron chi connectivity index (χ1n) is 6.29. The topological polar surface area (TPSA) is 67.6 Å². The summed E-state index contributed by atoms with van der Waals surface area (Å²) < 4.78 is 5.09. The second kappa shape index (κ2) is 6.99. The van der Waals surface area contributed by atoms with Crippen molar-refractivity contribution in [1.29, 1.82) is 0 Å². The quantitative estimate of drug-likeness (QED) is 0.768. The molecule has 5 nitrogen and oxygen atoms in total. The van der Waals surface area contributed by atoms with Gasteiger partial charge >= 0.3 is 0 Å². The van der Waals surface area contributed by atoms with Crippen LogP contribution in [0.15, 0.2) is 18.2 Å². The van der Waals surface area contributed by atoms with Crippen molar-refractivity contribution in [1.82, 2.24) is 4.90 Å². The zero-order valence-corrected chi connectivity index (χ0v) is 12.1. The van der Waals surface area contributed by atoms with Crippen molar-refractivity contribution in [2.75, 3.05) is 45.4 Å².